The summed E-state index contributed by atoms with van der Waals surface area (Å²) in [6.07, 6.45) is 3.57. The minimum Gasteiger partial charge on any atom is -0.252 e. The third kappa shape index (κ3) is 3.41. The summed E-state index contributed by atoms with van der Waals surface area (Å²) >= 11 is 1.92. The highest BCUT2D eigenvalue weighted by molar-refractivity contribution is 7.26. The fourth-order valence-corrected chi connectivity index (χ4v) is 7.70. The zero-order valence-corrected chi connectivity index (χ0v) is 23.4. The molecule has 0 unspecified atom stereocenters. The molecule has 0 aliphatic heterocycles. The van der Waals surface area contributed by atoms with Gasteiger partial charge in [-0.3, -0.25) is 9.97 Å². The van der Waals surface area contributed by atoms with Gasteiger partial charge in [-0.2, -0.15) is 0 Å². The molecule has 6 aromatic carbocycles. The maximum absolute atomic E-state index is 4.74. The van der Waals surface area contributed by atoms with Crippen LogP contribution in [0, 0.1) is 20.8 Å². The van der Waals surface area contributed by atoms with Crippen molar-refractivity contribution in [1.29, 1.82) is 0 Å². The highest BCUT2D eigenvalue weighted by atomic mass is 32.1. The Morgan fingerprint density at radius 3 is 1.88 bits per heavy atom. The smallest absolute Gasteiger partial charge is 0.0971 e. The van der Waals surface area contributed by atoms with Crippen LogP contribution in [0.1, 0.15) is 16.7 Å². The van der Waals surface area contributed by atoms with E-state index in [1.165, 1.54) is 69.9 Å². The molecule has 8 aromatic rings. The summed E-state index contributed by atoms with van der Waals surface area (Å²) in [5.74, 6) is 0. The highest BCUT2D eigenvalue weighted by Gasteiger charge is 2.17. The van der Waals surface area contributed by atoms with E-state index in [9.17, 15) is 0 Å². The molecule has 0 amide bonds. The van der Waals surface area contributed by atoms with E-state index in [0.29, 0.717) is 0 Å². The van der Waals surface area contributed by atoms with Gasteiger partial charge in [-0.1, -0.05) is 72.3 Å². The van der Waals surface area contributed by atoms with E-state index in [1.54, 1.807) is 12.4 Å². The number of thiophene rings is 1. The molecular weight excluding hydrogens is 504 g/mol. The van der Waals surface area contributed by atoms with Crippen LogP contribution in [-0.4, -0.2) is 9.97 Å². The second-order valence-electron chi connectivity index (χ2n) is 10.9. The predicted molar refractivity (Wildman–Crippen MR) is 173 cm³/mol. The van der Waals surface area contributed by atoms with Crippen molar-refractivity contribution in [2.75, 3.05) is 0 Å². The standard InChI is InChI=1S/C37H26N2S/c1-21-16-23(3)36-32(17-21)33-19-22(2)18-31(37(33)40-36)26-9-5-4-8-25(26)24-12-13-29-30(20-24)27-10-6-7-11-28(27)34-35(29)39-15-14-38-34/h4-20H,1-3H3. The Balaban J connectivity index is 1.42. The van der Waals surface area contributed by atoms with Gasteiger partial charge < -0.3 is 0 Å². The first-order valence-corrected chi connectivity index (χ1v) is 14.5. The van der Waals surface area contributed by atoms with Crippen LogP contribution in [0.2, 0.25) is 0 Å². The SMILES string of the molecule is Cc1cc(C)c2sc3c(-c4ccccc4-c4ccc5c(c4)c4ccccc4c4nccnc54)cc(C)cc3c2c1. The summed E-state index contributed by atoms with van der Waals surface area (Å²) in [7, 11) is 0. The number of fused-ring (bicyclic) bond motifs is 9. The van der Waals surface area contributed by atoms with Crippen molar-refractivity contribution in [1.82, 2.24) is 9.97 Å². The fraction of sp³-hybridized carbons (Fsp3) is 0.0811. The Bertz CT molecular complexity index is 2270. The molecule has 8 rings (SSSR count). The number of rotatable bonds is 2. The van der Waals surface area contributed by atoms with Crippen molar-refractivity contribution in [3.8, 4) is 22.3 Å². The molecule has 3 heteroatoms. The van der Waals surface area contributed by atoms with Crippen LogP contribution in [-0.2, 0) is 0 Å². The molecule has 0 spiro atoms. The molecule has 0 fully saturated rings. The molecule has 0 aliphatic rings. The van der Waals surface area contributed by atoms with Crippen molar-refractivity contribution in [3.63, 3.8) is 0 Å². The summed E-state index contributed by atoms with van der Waals surface area (Å²) in [5.41, 5.74) is 10.9. The average molecular weight is 531 g/mol. The number of hydrogen-bond donors (Lipinski definition) is 0. The molecule has 0 N–H and O–H groups in total. The zero-order valence-electron chi connectivity index (χ0n) is 22.6. The van der Waals surface area contributed by atoms with Crippen molar-refractivity contribution < 1.29 is 0 Å². The molecule has 0 aliphatic carbocycles. The number of aromatic nitrogens is 2. The lowest BCUT2D eigenvalue weighted by molar-refractivity contribution is 1.31. The zero-order chi connectivity index (χ0) is 27.0. The Kier molecular flexibility index (Phi) is 5.07. The summed E-state index contributed by atoms with van der Waals surface area (Å²) in [6.45, 7) is 6.64. The first-order chi connectivity index (χ1) is 19.6. The summed E-state index contributed by atoms with van der Waals surface area (Å²) in [4.78, 5) is 9.44. The van der Waals surface area contributed by atoms with Gasteiger partial charge in [0.25, 0.3) is 0 Å². The van der Waals surface area contributed by atoms with Gasteiger partial charge in [0.1, 0.15) is 0 Å². The molecule has 2 aromatic heterocycles. The molecule has 190 valence electrons. The minimum absolute atomic E-state index is 0.951. The molecule has 0 radical (unpaired) electrons. The van der Waals surface area contributed by atoms with Crippen molar-refractivity contribution >= 4 is 64.1 Å². The van der Waals surface area contributed by atoms with E-state index in [2.05, 4.69) is 112 Å². The average Bonchev–Trinajstić information content (AvgIpc) is 3.35. The maximum Gasteiger partial charge on any atom is 0.0971 e. The largest absolute Gasteiger partial charge is 0.252 e. The normalized spacial score (nSPS) is 11.9. The van der Waals surface area contributed by atoms with Gasteiger partial charge in [-0.15, -0.1) is 11.3 Å². The number of aryl methyl sites for hydroxylation is 3. The van der Waals surface area contributed by atoms with E-state index in [0.717, 1.165) is 21.8 Å². The topological polar surface area (TPSA) is 25.8 Å². The highest BCUT2D eigenvalue weighted by Crippen LogP contribution is 2.45. The van der Waals surface area contributed by atoms with Crippen LogP contribution < -0.4 is 0 Å². The van der Waals surface area contributed by atoms with E-state index in [4.69, 9.17) is 9.97 Å². The molecule has 2 heterocycles. The quantitative estimate of drug-likeness (QED) is 0.208. The molecule has 0 saturated carbocycles. The summed E-state index contributed by atoms with van der Waals surface area (Å²) in [6, 6.07) is 33.6. The molecule has 0 atom stereocenters. The fourth-order valence-electron chi connectivity index (χ4n) is 6.44. The lowest BCUT2D eigenvalue weighted by atomic mass is 9.90. The van der Waals surface area contributed by atoms with Crippen LogP contribution in [0.15, 0.2) is 103 Å². The van der Waals surface area contributed by atoms with Gasteiger partial charge in [0.2, 0.25) is 0 Å². The van der Waals surface area contributed by atoms with Crippen LogP contribution in [0.25, 0.3) is 75.0 Å². The van der Waals surface area contributed by atoms with Crippen molar-refractivity contribution in [2.45, 2.75) is 20.8 Å². The number of hydrogen-bond acceptors (Lipinski definition) is 3. The Morgan fingerprint density at radius 1 is 0.475 bits per heavy atom. The second-order valence-corrected chi connectivity index (χ2v) is 11.9. The van der Waals surface area contributed by atoms with Gasteiger partial charge >= 0.3 is 0 Å². The molecule has 0 saturated heterocycles. The molecule has 40 heavy (non-hydrogen) atoms. The minimum atomic E-state index is 0.951. The predicted octanol–water partition coefficient (Wildman–Crippen LogP) is 10.6. The first-order valence-electron chi connectivity index (χ1n) is 13.7. The Morgan fingerprint density at radius 2 is 1.10 bits per heavy atom. The number of nitrogens with zero attached hydrogens (tertiary/aromatic N) is 2. The third-order valence-electron chi connectivity index (χ3n) is 8.12. The van der Waals surface area contributed by atoms with Crippen molar-refractivity contribution in [2.24, 2.45) is 0 Å². The Labute approximate surface area is 236 Å². The Hall–Kier alpha value is -4.60. The van der Waals surface area contributed by atoms with Crippen molar-refractivity contribution in [3.05, 3.63) is 120 Å². The first kappa shape index (κ1) is 23.3. The third-order valence-corrected chi connectivity index (χ3v) is 9.51. The molecule has 0 bridgehead atoms. The van der Waals surface area contributed by atoms with Crippen LogP contribution in [0.5, 0.6) is 0 Å². The van der Waals surface area contributed by atoms with Gasteiger partial charge in [0, 0.05) is 48.9 Å². The van der Waals surface area contributed by atoms with E-state index < -0.39 is 0 Å². The molecular formula is C37H26N2S. The van der Waals surface area contributed by atoms with Crippen LogP contribution in [0.4, 0.5) is 0 Å². The van der Waals surface area contributed by atoms with E-state index >= 15 is 0 Å². The van der Waals surface area contributed by atoms with Gasteiger partial charge in [0.15, 0.2) is 0 Å². The monoisotopic (exact) mass is 530 g/mol. The van der Waals surface area contributed by atoms with Gasteiger partial charge in [-0.25, -0.2) is 0 Å². The van der Waals surface area contributed by atoms with E-state index in [-0.39, 0.29) is 0 Å². The lowest BCUT2D eigenvalue weighted by Gasteiger charge is -2.14. The van der Waals surface area contributed by atoms with Crippen LogP contribution in [0.3, 0.4) is 0 Å². The summed E-state index contributed by atoms with van der Waals surface area (Å²) < 4.78 is 2.74. The number of benzene rings is 6. The van der Waals surface area contributed by atoms with Gasteiger partial charge in [0.05, 0.1) is 11.0 Å². The van der Waals surface area contributed by atoms with Gasteiger partial charge in [-0.05, 0) is 83.6 Å². The molecule has 2 nitrogen and oxygen atoms in total. The van der Waals surface area contributed by atoms with E-state index in [1.807, 2.05) is 11.3 Å². The summed E-state index contributed by atoms with van der Waals surface area (Å²) in [5, 5.41) is 7.41. The second kappa shape index (κ2) is 8.70. The lowest BCUT2D eigenvalue weighted by Crippen LogP contribution is -1.90. The maximum atomic E-state index is 4.74. The van der Waals surface area contributed by atoms with Crippen LogP contribution >= 0.6 is 11.3 Å².